The van der Waals surface area contributed by atoms with Crippen LogP contribution in [0.25, 0.3) is 0 Å². The van der Waals surface area contributed by atoms with Crippen LogP contribution in [-0.2, 0) is 41.3 Å². The van der Waals surface area contributed by atoms with Gasteiger partial charge in [0, 0.05) is 18.5 Å². The fourth-order valence-corrected chi connectivity index (χ4v) is 4.15. The second-order valence-corrected chi connectivity index (χ2v) is 12.5. The molecular formula is C29H45N5O9S. The topological polar surface area (TPSA) is 171 Å². The van der Waals surface area contributed by atoms with Gasteiger partial charge in [-0.2, -0.15) is 4.09 Å². The van der Waals surface area contributed by atoms with Crippen molar-refractivity contribution >= 4 is 30.3 Å². The van der Waals surface area contributed by atoms with Crippen LogP contribution in [-0.4, -0.2) is 65.3 Å². The van der Waals surface area contributed by atoms with Gasteiger partial charge in [0.1, 0.15) is 11.1 Å². The van der Waals surface area contributed by atoms with E-state index in [0.717, 1.165) is 9.65 Å². The van der Waals surface area contributed by atoms with Crippen LogP contribution in [0.1, 0.15) is 71.3 Å². The van der Waals surface area contributed by atoms with Crippen LogP contribution in [0.5, 0.6) is 0 Å². The number of aromatic amines is 1. The van der Waals surface area contributed by atoms with E-state index < -0.39 is 40.8 Å². The maximum Gasteiger partial charge on any atom is 0.408 e. The third kappa shape index (κ3) is 12.6. The lowest BCUT2D eigenvalue weighted by Crippen LogP contribution is -2.56. The van der Waals surface area contributed by atoms with Crippen molar-refractivity contribution in [3.05, 3.63) is 57.5 Å². The van der Waals surface area contributed by atoms with Gasteiger partial charge in [-0.1, -0.05) is 44.2 Å². The van der Waals surface area contributed by atoms with Gasteiger partial charge in [-0.25, -0.2) is 14.5 Å². The normalized spacial score (nSPS) is 12.5. The number of rotatable bonds is 16. The van der Waals surface area contributed by atoms with Gasteiger partial charge in [-0.05, 0) is 46.1 Å². The number of benzene rings is 1. The molecule has 14 nitrogen and oxygen atoms in total. The molecule has 0 aliphatic heterocycles. The molecule has 246 valence electrons. The quantitative estimate of drug-likeness (QED) is 0.120. The molecule has 1 atom stereocenters. The van der Waals surface area contributed by atoms with Crippen LogP contribution < -0.4 is 21.5 Å². The fourth-order valence-electron chi connectivity index (χ4n) is 3.71. The number of ether oxygens (including phenoxy) is 3. The minimum Gasteiger partial charge on any atom is -0.449 e. The van der Waals surface area contributed by atoms with Crippen molar-refractivity contribution in [3.8, 4) is 0 Å². The Kier molecular flexibility index (Phi) is 14.2. The van der Waals surface area contributed by atoms with Crippen molar-refractivity contribution in [2.75, 3.05) is 26.9 Å². The van der Waals surface area contributed by atoms with E-state index in [-0.39, 0.29) is 37.7 Å². The summed E-state index contributed by atoms with van der Waals surface area (Å²) in [6.07, 6.45) is -1.36. The number of hydrogen-bond donors (Lipinski definition) is 4. The van der Waals surface area contributed by atoms with E-state index in [1.807, 2.05) is 44.2 Å². The molecule has 0 aliphatic carbocycles. The summed E-state index contributed by atoms with van der Waals surface area (Å²) in [6.45, 7) is 12.6. The van der Waals surface area contributed by atoms with Gasteiger partial charge >= 0.3 is 12.2 Å². The first-order chi connectivity index (χ1) is 20.6. The average molecular weight is 640 g/mol. The van der Waals surface area contributed by atoms with Crippen molar-refractivity contribution in [1.29, 1.82) is 0 Å². The molecule has 0 spiro atoms. The Hall–Kier alpha value is -3.53. The largest absolute Gasteiger partial charge is 0.449 e. The molecule has 0 saturated heterocycles. The summed E-state index contributed by atoms with van der Waals surface area (Å²) < 4.78 is 22.5. The smallest absolute Gasteiger partial charge is 0.408 e. The molecule has 0 bridgehead atoms. The molecule has 0 radical (unpaired) electrons. The highest BCUT2D eigenvalue weighted by molar-refractivity contribution is 7.92. The van der Waals surface area contributed by atoms with Crippen molar-refractivity contribution in [1.82, 2.24) is 25.1 Å². The van der Waals surface area contributed by atoms with Gasteiger partial charge in [0.25, 0.3) is 5.56 Å². The van der Waals surface area contributed by atoms with Crippen molar-refractivity contribution < 1.29 is 37.8 Å². The number of H-pyrrole nitrogens is 1. The first-order valence-corrected chi connectivity index (χ1v) is 14.9. The van der Waals surface area contributed by atoms with Gasteiger partial charge in [-0.15, -0.1) is 4.33 Å². The zero-order valence-electron chi connectivity index (χ0n) is 26.6. The summed E-state index contributed by atoms with van der Waals surface area (Å²) in [5.74, 6) is -0.334. The molecule has 0 saturated carbocycles. The zero-order chi connectivity index (χ0) is 32.9. The van der Waals surface area contributed by atoms with E-state index in [2.05, 4.69) is 25.9 Å². The summed E-state index contributed by atoms with van der Waals surface area (Å²) in [7, 11) is 1.28. The third-order valence-corrected chi connectivity index (χ3v) is 6.44. The van der Waals surface area contributed by atoms with Crippen molar-refractivity contribution in [2.45, 2.75) is 78.7 Å². The lowest BCUT2D eigenvalue weighted by molar-refractivity contribution is -0.161. The number of aromatic nitrogens is 2. The zero-order valence-corrected chi connectivity index (χ0v) is 27.4. The standard InChI is InChI=1S/C29H45N5O9S/c1-19(2)16-30-26(37)41-15-14-21-23(33-34(24(21)35)44-43-39-8)22(18-40-17-20-12-10-9-11-13-20)31-25(36)29(6,7)32-27(38)42-28(3,4)5/h9-13,19,22,33H,14-18H2,1-8H3,(H,30,37)(H,31,36)(H,32,38)/t22-/m1/s1. The summed E-state index contributed by atoms with van der Waals surface area (Å²) in [4.78, 5) is 56.1. The maximum absolute atomic E-state index is 13.5. The number of hydrogen-bond acceptors (Lipinski definition) is 10. The Morgan fingerprint density at radius 2 is 1.73 bits per heavy atom. The fraction of sp³-hybridized carbons (Fsp3) is 0.586. The SMILES string of the molecule is COOSn1[nH]c([C@@H](COCc2ccccc2)NC(=O)C(C)(C)NC(=O)OC(C)(C)C)c(CCOC(=O)NCC(C)C)c1=O. The second kappa shape index (κ2) is 17.1. The van der Waals surface area contributed by atoms with Crippen LogP contribution in [0, 0.1) is 5.92 Å². The van der Waals surface area contributed by atoms with Crippen LogP contribution in [0.15, 0.2) is 35.1 Å². The highest BCUT2D eigenvalue weighted by atomic mass is 32.2. The van der Waals surface area contributed by atoms with Crippen LogP contribution in [0.2, 0.25) is 0 Å². The minimum atomic E-state index is -1.41. The maximum atomic E-state index is 13.5. The van der Waals surface area contributed by atoms with E-state index in [1.54, 1.807) is 20.8 Å². The number of carbonyl (C=O) groups excluding carboxylic acids is 3. The van der Waals surface area contributed by atoms with Crippen LogP contribution in [0.3, 0.4) is 0 Å². The first kappa shape index (κ1) is 36.7. The minimum absolute atomic E-state index is 0.0188. The summed E-state index contributed by atoms with van der Waals surface area (Å²) in [6, 6.07) is 8.53. The Labute approximate surface area is 262 Å². The molecule has 15 heteroatoms. The average Bonchev–Trinajstić information content (AvgIpc) is 3.23. The number of nitrogens with one attached hydrogen (secondary N) is 4. The highest BCUT2D eigenvalue weighted by Gasteiger charge is 2.34. The Morgan fingerprint density at radius 3 is 2.34 bits per heavy atom. The van der Waals surface area contributed by atoms with Gasteiger partial charge in [0.05, 0.1) is 38.7 Å². The van der Waals surface area contributed by atoms with Gasteiger partial charge < -0.3 is 30.2 Å². The molecule has 1 heterocycles. The first-order valence-electron chi connectivity index (χ1n) is 14.2. The third-order valence-electron chi connectivity index (χ3n) is 5.83. The molecule has 0 unspecified atom stereocenters. The summed E-state index contributed by atoms with van der Waals surface area (Å²) in [5.41, 5.74) is -1.25. The van der Waals surface area contributed by atoms with Gasteiger partial charge in [-0.3, -0.25) is 14.7 Å². The molecule has 2 aromatic rings. The van der Waals surface area contributed by atoms with Gasteiger partial charge in [0.15, 0.2) is 12.2 Å². The Bertz CT molecular complexity index is 1270. The van der Waals surface area contributed by atoms with Crippen molar-refractivity contribution in [3.63, 3.8) is 0 Å². The van der Waals surface area contributed by atoms with E-state index >= 15 is 0 Å². The summed E-state index contributed by atoms with van der Waals surface area (Å²) in [5, 5.41) is 11.1. The van der Waals surface area contributed by atoms with E-state index in [1.165, 1.54) is 21.0 Å². The monoisotopic (exact) mass is 639 g/mol. The lowest BCUT2D eigenvalue weighted by Gasteiger charge is -2.29. The predicted molar refractivity (Wildman–Crippen MR) is 164 cm³/mol. The highest BCUT2D eigenvalue weighted by Crippen LogP contribution is 2.20. The van der Waals surface area contributed by atoms with E-state index in [0.29, 0.717) is 24.5 Å². The lowest BCUT2D eigenvalue weighted by atomic mass is 10.0. The van der Waals surface area contributed by atoms with E-state index in [9.17, 15) is 19.2 Å². The Balaban J connectivity index is 2.35. The number of carbonyl (C=O) groups is 3. The predicted octanol–water partition coefficient (Wildman–Crippen LogP) is 3.77. The summed E-state index contributed by atoms with van der Waals surface area (Å²) >= 11 is 0.589. The number of amides is 3. The number of nitrogens with zero attached hydrogens (tertiary/aromatic N) is 1. The Morgan fingerprint density at radius 1 is 1.05 bits per heavy atom. The second-order valence-electron chi connectivity index (χ2n) is 11.9. The molecular weight excluding hydrogens is 594 g/mol. The molecule has 0 aliphatic rings. The molecule has 44 heavy (non-hydrogen) atoms. The molecule has 0 fully saturated rings. The molecule has 2 rings (SSSR count). The number of alkyl carbamates (subject to hydrolysis) is 2. The molecule has 1 aromatic heterocycles. The van der Waals surface area contributed by atoms with Gasteiger partial charge in [0.2, 0.25) is 5.91 Å². The van der Waals surface area contributed by atoms with Crippen LogP contribution >= 0.6 is 12.2 Å². The molecule has 1 aromatic carbocycles. The van der Waals surface area contributed by atoms with Crippen molar-refractivity contribution in [2.24, 2.45) is 5.92 Å². The molecule has 3 amide bonds. The van der Waals surface area contributed by atoms with Crippen LogP contribution in [0.4, 0.5) is 9.59 Å². The molecule has 4 N–H and O–H groups in total. The van der Waals surface area contributed by atoms with E-state index in [4.69, 9.17) is 18.5 Å².